The molecule has 0 spiro atoms. The minimum Gasteiger partial charge on any atom is -0.482 e. The predicted octanol–water partition coefficient (Wildman–Crippen LogP) is 2.28. The predicted molar refractivity (Wildman–Crippen MR) is 87.4 cm³/mol. The van der Waals surface area contributed by atoms with E-state index < -0.39 is 11.1 Å². The summed E-state index contributed by atoms with van der Waals surface area (Å²) in [5.74, 6) is 0.126. The number of amides is 1. The van der Waals surface area contributed by atoms with E-state index in [1.54, 1.807) is 12.1 Å². The molecule has 0 saturated carbocycles. The molecule has 1 fully saturated rings. The zero-order valence-corrected chi connectivity index (χ0v) is 12.9. The lowest BCUT2D eigenvalue weighted by Crippen LogP contribution is -2.44. The van der Waals surface area contributed by atoms with Crippen molar-refractivity contribution in [3.05, 3.63) is 69.8 Å². The maximum absolute atomic E-state index is 11.5. The summed E-state index contributed by atoms with van der Waals surface area (Å²) in [6, 6.07) is 14.2. The molecule has 2 aromatic rings. The third kappa shape index (κ3) is 3.69. The molecule has 3 rings (SSSR count). The van der Waals surface area contributed by atoms with Crippen LogP contribution in [0.25, 0.3) is 0 Å². The smallest absolute Gasteiger partial charge is 0.311 e. The largest absolute Gasteiger partial charge is 0.482 e. The number of nitrogens with one attached hydrogen (secondary N) is 2. The summed E-state index contributed by atoms with van der Waals surface area (Å²) in [6.45, 7) is 0.788. The first-order chi connectivity index (χ1) is 11.6. The normalized spacial score (nSPS) is 17.2. The Kier molecular flexibility index (Phi) is 4.72. The molecule has 1 aliphatic heterocycles. The molecule has 124 valence electrons. The fourth-order valence-corrected chi connectivity index (χ4v) is 2.53. The molecule has 7 nitrogen and oxygen atoms in total. The van der Waals surface area contributed by atoms with E-state index in [2.05, 4.69) is 10.6 Å². The van der Waals surface area contributed by atoms with Crippen molar-refractivity contribution in [1.82, 2.24) is 10.6 Å². The van der Waals surface area contributed by atoms with Crippen LogP contribution >= 0.6 is 0 Å². The van der Waals surface area contributed by atoms with Crippen molar-refractivity contribution in [1.29, 1.82) is 0 Å². The van der Waals surface area contributed by atoms with Crippen molar-refractivity contribution < 1.29 is 14.5 Å². The van der Waals surface area contributed by atoms with Crippen LogP contribution in [0, 0.1) is 10.1 Å². The molecule has 1 aliphatic rings. The van der Waals surface area contributed by atoms with Gasteiger partial charge in [0.25, 0.3) is 0 Å². The summed E-state index contributed by atoms with van der Waals surface area (Å²) in [6.07, 6.45) is -0.0234. The fraction of sp³-hybridized carbons (Fsp3) is 0.235. The Hall–Kier alpha value is -2.93. The van der Waals surface area contributed by atoms with Crippen molar-refractivity contribution >= 4 is 11.6 Å². The summed E-state index contributed by atoms with van der Waals surface area (Å²) >= 11 is 0. The van der Waals surface area contributed by atoms with Crippen LogP contribution in [0.2, 0.25) is 0 Å². The van der Waals surface area contributed by atoms with Gasteiger partial charge in [-0.05, 0) is 17.2 Å². The van der Waals surface area contributed by atoms with Crippen LogP contribution in [0.4, 0.5) is 5.69 Å². The van der Waals surface area contributed by atoms with Gasteiger partial charge in [-0.25, -0.2) is 0 Å². The van der Waals surface area contributed by atoms with Gasteiger partial charge in [0.2, 0.25) is 5.91 Å². The van der Waals surface area contributed by atoms with Gasteiger partial charge in [-0.3, -0.25) is 20.2 Å². The summed E-state index contributed by atoms with van der Waals surface area (Å²) in [5, 5.41) is 17.2. The van der Waals surface area contributed by atoms with Crippen LogP contribution < -0.4 is 15.4 Å². The van der Waals surface area contributed by atoms with Crippen LogP contribution in [0.15, 0.2) is 48.5 Å². The monoisotopic (exact) mass is 327 g/mol. The minimum atomic E-state index is -0.478. The number of hydrogen-bond acceptors (Lipinski definition) is 5. The van der Waals surface area contributed by atoms with E-state index in [0.29, 0.717) is 18.5 Å². The molecule has 2 N–H and O–H groups in total. The van der Waals surface area contributed by atoms with E-state index in [9.17, 15) is 14.9 Å². The Morgan fingerprint density at radius 2 is 2.00 bits per heavy atom. The first-order valence-corrected chi connectivity index (χ1v) is 7.61. The second-order valence-corrected chi connectivity index (χ2v) is 5.46. The average Bonchev–Trinajstić information content (AvgIpc) is 2.60. The molecule has 1 saturated heterocycles. The van der Waals surface area contributed by atoms with Crippen molar-refractivity contribution in [3.8, 4) is 5.75 Å². The number of nitrogens with zero attached hydrogens (tertiary/aromatic N) is 1. The SMILES string of the molecule is O=C1CCN[C@H](c2ccc(OCc3ccccc3)c([N+](=O)[O-])c2)N1. The molecule has 1 heterocycles. The Morgan fingerprint density at radius 3 is 2.71 bits per heavy atom. The first kappa shape index (κ1) is 15.9. The lowest BCUT2D eigenvalue weighted by molar-refractivity contribution is -0.386. The summed E-state index contributed by atoms with van der Waals surface area (Å²) < 4.78 is 5.60. The van der Waals surface area contributed by atoms with Gasteiger partial charge in [0.15, 0.2) is 5.75 Å². The van der Waals surface area contributed by atoms with Gasteiger partial charge in [-0.2, -0.15) is 0 Å². The quantitative estimate of drug-likeness (QED) is 0.649. The van der Waals surface area contributed by atoms with E-state index >= 15 is 0 Å². The van der Waals surface area contributed by atoms with Crippen LogP contribution in [-0.2, 0) is 11.4 Å². The van der Waals surface area contributed by atoms with Gasteiger partial charge < -0.3 is 10.1 Å². The first-order valence-electron chi connectivity index (χ1n) is 7.61. The molecule has 0 aliphatic carbocycles. The van der Waals surface area contributed by atoms with Gasteiger partial charge >= 0.3 is 5.69 Å². The molecule has 24 heavy (non-hydrogen) atoms. The third-order valence-corrected chi connectivity index (χ3v) is 3.76. The standard InChI is InChI=1S/C17H17N3O4/c21-16-8-9-18-17(19-16)13-6-7-15(14(10-13)20(22)23)24-11-12-4-2-1-3-5-12/h1-7,10,17-18H,8-9,11H2,(H,19,21)/t17-/m0/s1. The molecule has 0 unspecified atom stereocenters. The maximum Gasteiger partial charge on any atom is 0.311 e. The van der Waals surface area contributed by atoms with E-state index in [4.69, 9.17) is 4.74 Å². The number of carbonyl (C=O) groups excluding carboxylic acids is 1. The zero-order chi connectivity index (χ0) is 16.9. The topological polar surface area (TPSA) is 93.5 Å². The molecule has 0 aromatic heterocycles. The lowest BCUT2D eigenvalue weighted by atomic mass is 10.1. The minimum absolute atomic E-state index is 0.0780. The number of carbonyl (C=O) groups is 1. The maximum atomic E-state index is 11.5. The molecular weight excluding hydrogens is 310 g/mol. The van der Waals surface area contributed by atoms with E-state index in [0.717, 1.165) is 5.56 Å². The molecule has 0 bridgehead atoms. The molecule has 1 amide bonds. The van der Waals surface area contributed by atoms with Gasteiger partial charge in [-0.15, -0.1) is 0 Å². The number of nitro benzene ring substituents is 1. The van der Waals surface area contributed by atoms with Crippen molar-refractivity contribution in [2.24, 2.45) is 0 Å². The molecular formula is C17H17N3O4. The van der Waals surface area contributed by atoms with E-state index in [1.165, 1.54) is 6.07 Å². The highest BCUT2D eigenvalue weighted by Crippen LogP contribution is 2.30. The van der Waals surface area contributed by atoms with Gasteiger partial charge in [0.1, 0.15) is 12.8 Å². The van der Waals surface area contributed by atoms with Crippen LogP contribution in [0.5, 0.6) is 5.75 Å². The number of rotatable bonds is 5. The summed E-state index contributed by atoms with van der Waals surface area (Å²) in [7, 11) is 0. The number of nitro groups is 1. The molecule has 2 aromatic carbocycles. The van der Waals surface area contributed by atoms with Gasteiger partial charge in [0.05, 0.1) is 4.92 Å². The van der Waals surface area contributed by atoms with Crippen LogP contribution in [-0.4, -0.2) is 17.4 Å². The highest BCUT2D eigenvalue weighted by molar-refractivity contribution is 5.77. The van der Waals surface area contributed by atoms with Gasteiger partial charge in [0, 0.05) is 19.0 Å². The molecule has 0 radical (unpaired) electrons. The Bertz CT molecular complexity index is 749. The summed E-state index contributed by atoms with van der Waals surface area (Å²) in [4.78, 5) is 22.4. The number of hydrogen-bond donors (Lipinski definition) is 2. The van der Waals surface area contributed by atoms with Crippen LogP contribution in [0.1, 0.15) is 23.7 Å². The van der Waals surface area contributed by atoms with Gasteiger partial charge in [-0.1, -0.05) is 36.4 Å². The highest BCUT2D eigenvalue weighted by Gasteiger charge is 2.23. The average molecular weight is 327 g/mol. The third-order valence-electron chi connectivity index (χ3n) is 3.76. The zero-order valence-electron chi connectivity index (χ0n) is 12.9. The number of ether oxygens (including phenoxy) is 1. The fourth-order valence-electron chi connectivity index (χ4n) is 2.53. The Balaban J connectivity index is 1.79. The van der Waals surface area contributed by atoms with Crippen molar-refractivity contribution in [3.63, 3.8) is 0 Å². The summed E-state index contributed by atoms with van der Waals surface area (Å²) in [5.41, 5.74) is 1.43. The Labute approximate surface area is 138 Å². The molecule has 1 atom stereocenters. The van der Waals surface area contributed by atoms with E-state index in [-0.39, 0.29) is 24.0 Å². The highest BCUT2D eigenvalue weighted by atomic mass is 16.6. The Morgan fingerprint density at radius 1 is 1.21 bits per heavy atom. The molecule has 7 heteroatoms. The van der Waals surface area contributed by atoms with Crippen LogP contribution in [0.3, 0.4) is 0 Å². The second kappa shape index (κ2) is 7.10. The lowest BCUT2D eigenvalue weighted by Gasteiger charge is -2.25. The van der Waals surface area contributed by atoms with Crippen molar-refractivity contribution in [2.45, 2.75) is 19.2 Å². The van der Waals surface area contributed by atoms with Crippen molar-refractivity contribution in [2.75, 3.05) is 6.54 Å². The second-order valence-electron chi connectivity index (χ2n) is 5.46. The number of benzene rings is 2. The van der Waals surface area contributed by atoms with E-state index in [1.807, 2.05) is 30.3 Å².